The molecule has 3 unspecified atom stereocenters. The second-order valence-corrected chi connectivity index (χ2v) is 29.9. The van der Waals surface area contributed by atoms with E-state index in [2.05, 4.69) is 58.9 Å². The highest BCUT2D eigenvalue weighted by Crippen LogP contribution is 2.45. The van der Waals surface area contributed by atoms with Gasteiger partial charge in [-0.2, -0.15) is 0 Å². The summed E-state index contributed by atoms with van der Waals surface area (Å²) in [7, 11) is -9.92. The third-order valence-corrected chi connectivity index (χ3v) is 19.4. The number of hydrogen-bond acceptors (Lipinski definition) is 15. The fourth-order valence-electron chi connectivity index (χ4n) is 11.1. The summed E-state index contributed by atoms with van der Waals surface area (Å²) in [5.41, 5.74) is 0. The maximum absolute atomic E-state index is 13.1. The molecule has 560 valence electrons. The van der Waals surface area contributed by atoms with Crippen molar-refractivity contribution in [3.8, 4) is 0 Å². The minimum Gasteiger partial charge on any atom is -0.462 e. The van der Waals surface area contributed by atoms with Crippen LogP contribution >= 0.6 is 15.6 Å². The fraction of sp³-hybridized carbons (Fsp3) is 0.895. The van der Waals surface area contributed by atoms with Crippen LogP contribution in [0.2, 0.25) is 0 Å². The molecule has 17 nitrogen and oxygen atoms in total. The molecule has 0 saturated carbocycles. The molecule has 0 aliphatic rings. The molecule has 6 atom stereocenters. The Morgan fingerprint density at radius 3 is 0.895 bits per heavy atom. The van der Waals surface area contributed by atoms with Crippen molar-refractivity contribution in [2.75, 3.05) is 39.6 Å². The number of hydrogen-bond donors (Lipinski definition) is 3. The summed E-state index contributed by atoms with van der Waals surface area (Å²) in [6.07, 6.45) is 60.3. The Bertz CT molecular complexity index is 1920. The lowest BCUT2D eigenvalue weighted by molar-refractivity contribution is -0.161. The summed E-state index contributed by atoms with van der Waals surface area (Å²) in [5, 5.41) is 10.6. The highest BCUT2D eigenvalue weighted by Gasteiger charge is 2.30. The Morgan fingerprint density at radius 1 is 0.337 bits per heavy atom. The maximum Gasteiger partial charge on any atom is 0.472 e. The normalized spacial score (nSPS) is 14.4. The Morgan fingerprint density at radius 2 is 0.589 bits per heavy atom. The van der Waals surface area contributed by atoms with Crippen LogP contribution in [0.15, 0.2) is 24.3 Å². The third kappa shape index (κ3) is 68.5. The summed E-state index contributed by atoms with van der Waals surface area (Å²) in [5.74, 6) is -1.38. The van der Waals surface area contributed by atoms with Crippen LogP contribution in [0, 0.1) is 5.92 Å². The van der Waals surface area contributed by atoms with E-state index in [4.69, 9.17) is 37.0 Å². The standard InChI is InChI=1S/C76H144O17P2/c1-6-10-13-16-19-22-25-27-29-30-32-34-37-40-46-51-56-61-75(80)92-71(65-87-74(79)60-55-50-45-39-36-33-31-28-26-23-20-17-14-11-7-2)67-90-94(82,83)88-63-70(77)64-89-95(84,85)91-68-72(66-86-73(78)59-54-49-44-38-35-24-21-18-15-12-8-3)93-76(81)62-57-52-47-42-41-43-48-53-58-69(5)9-4/h23,26,28,31,69-72,77H,6-22,24-25,27,29-30,32-68H2,1-5H3,(H,82,83)(H,84,85)/b26-23-,31-28-/t69?,70-,71-,72-/m1/s1. The van der Waals surface area contributed by atoms with Crippen molar-refractivity contribution in [3.63, 3.8) is 0 Å². The number of allylic oxidation sites excluding steroid dienone is 4. The zero-order valence-corrected chi connectivity index (χ0v) is 63.1. The molecule has 95 heavy (non-hydrogen) atoms. The average molecular weight is 1390 g/mol. The van der Waals surface area contributed by atoms with Crippen molar-refractivity contribution in [1.29, 1.82) is 0 Å². The number of rotatable bonds is 74. The smallest absolute Gasteiger partial charge is 0.462 e. The topological polar surface area (TPSA) is 237 Å². The fourth-order valence-corrected chi connectivity index (χ4v) is 12.7. The Hall–Kier alpha value is -2.46. The number of ether oxygens (including phenoxy) is 4. The molecule has 0 spiro atoms. The van der Waals surface area contributed by atoms with Crippen molar-refractivity contribution in [2.24, 2.45) is 5.92 Å². The lowest BCUT2D eigenvalue weighted by atomic mass is 9.99. The van der Waals surface area contributed by atoms with E-state index in [0.29, 0.717) is 25.7 Å². The zero-order chi connectivity index (χ0) is 69.8. The second kappa shape index (κ2) is 68.7. The summed E-state index contributed by atoms with van der Waals surface area (Å²) in [6.45, 7) is 7.22. The van der Waals surface area contributed by atoms with Crippen LogP contribution < -0.4 is 0 Å². The van der Waals surface area contributed by atoms with Crippen LogP contribution in [0.3, 0.4) is 0 Å². The number of carbonyl (C=O) groups excluding carboxylic acids is 4. The van der Waals surface area contributed by atoms with Crippen molar-refractivity contribution < 1.29 is 80.2 Å². The molecule has 0 heterocycles. The van der Waals surface area contributed by atoms with E-state index in [1.807, 2.05) is 0 Å². The molecular weight excluding hydrogens is 1250 g/mol. The van der Waals surface area contributed by atoms with Crippen molar-refractivity contribution in [2.45, 2.75) is 393 Å². The van der Waals surface area contributed by atoms with Gasteiger partial charge >= 0.3 is 39.5 Å². The Labute approximate surface area is 580 Å². The molecule has 0 rings (SSSR count). The van der Waals surface area contributed by atoms with Crippen LogP contribution in [0.5, 0.6) is 0 Å². The van der Waals surface area contributed by atoms with E-state index in [1.54, 1.807) is 0 Å². The Kier molecular flexibility index (Phi) is 66.9. The van der Waals surface area contributed by atoms with Crippen molar-refractivity contribution in [3.05, 3.63) is 24.3 Å². The van der Waals surface area contributed by atoms with Gasteiger partial charge in [-0.1, -0.05) is 322 Å². The lowest BCUT2D eigenvalue weighted by Crippen LogP contribution is -2.30. The largest absolute Gasteiger partial charge is 0.472 e. The van der Waals surface area contributed by atoms with Gasteiger partial charge in [0.25, 0.3) is 0 Å². The van der Waals surface area contributed by atoms with Crippen molar-refractivity contribution in [1.82, 2.24) is 0 Å². The molecule has 0 aliphatic heterocycles. The number of phosphoric ester groups is 2. The number of aliphatic hydroxyl groups excluding tert-OH is 1. The molecule has 0 bridgehead atoms. The first kappa shape index (κ1) is 92.5. The average Bonchev–Trinajstić information content (AvgIpc) is 1.28. The van der Waals surface area contributed by atoms with Crippen LogP contribution in [-0.4, -0.2) is 96.7 Å². The van der Waals surface area contributed by atoms with Gasteiger partial charge in [0, 0.05) is 25.7 Å². The predicted molar refractivity (Wildman–Crippen MR) is 386 cm³/mol. The first-order valence-corrected chi connectivity index (χ1v) is 42.0. The molecule has 0 aromatic carbocycles. The van der Waals surface area contributed by atoms with E-state index in [-0.39, 0.29) is 25.7 Å². The minimum atomic E-state index is -4.96. The van der Waals surface area contributed by atoms with Gasteiger partial charge in [0.1, 0.15) is 19.3 Å². The lowest BCUT2D eigenvalue weighted by Gasteiger charge is -2.21. The molecule has 0 radical (unpaired) electrons. The number of esters is 4. The SMILES string of the molecule is CCCCCC/C=C\C=C/CCCCCCCC(=O)OC[C@H](COP(=O)(O)OC[C@@H](O)COP(=O)(O)OC[C@@H](COC(=O)CCCCCCCCCCCCC)OC(=O)CCCCCCCCCCC(C)CC)OC(=O)CCCCCCCCCCCCCCCCCCC. The molecule has 0 aliphatic carbocycles. The van der Waals surface area contributed by atoms with Crippen molar-refractivity contribution >= 4 is 39.5 Å². The molecule has 0 aromatic rings. The van der Waals surface area contributed by atoms with Crippen LogP contribution in [0.4, 0.5) is 0 Å². The monoisotopic (exact) mass is 1390 g/mol. The van der Waals surface area contributed by atoms with Gasteiger partial charge in [-0.05, 0) is 57.3 Å². The van der Waals surface area contributed by atoms with E-state index in [0.717, 1.165) is 115 Å². The van der Waals surface area contributed by atoms with Gasteiger partial charge in [0.2, 0.25) is 0 Å². The van der Waals surface area contributed by atoms with Crippen LogP contribution in [0.25, 0.3) is 0 Å². The van der Waals surface area contributed by atoms with Gasteiger partial charge in [0.15, 0.2) is 12.2 Å². The maximum atomic E-state index is 13.1. The van der Waals surface area contributed by atoms with Gasteiger partial charge in [-0.25, -0.2) is 9.13 Å². The summed E-state index contributed by atoms with van der Waals surface area (Å²) in [6, 6.07) is 0. The zero-order valence-electron chi connectivity index (χ0n) is 61.3. The first-order valence-electron chi connectivity index (χ1n) is 39.0. The molecule has 0 saturated heterocycles. The van der Waals surface area contributed by atoms with Crippen LogP contribution in [-0.2, 0) is 65.4 Å². The summed E-state index contributed by atoms with van der Waals surface area (Å²) < 4.78 is 68.5. The Balaban J connectivity index is 5.29. The van der Waals surface area contributed by atoms with Crippen LogP contribution in [0.1, 0.15) is 375 Å². The molecule has 19 heteroatoms. The highest BCUT2D eigenvalue weighted by atomic mass is 31.2. The van der Waals surface area contributed by atoms with Gasteiger partial charge in [-0.3, -0.25) is 37.3 Å². The van der Waals surface area contributed by atoms with E-state index in [9.17, 15) is 43.2 Å². The first-order chi connectivity index (χ1) is 46.1. The number of carbonyl (C=O) groups is 4. The molecule has 0 amide bonds. The molecule has 0 fully saturated rings. The van der Waals surface area contributed by atoms with E-state index < -0.39 is 97.5 Å². The molecule has 0 aromatic heterocycles. The van der Waals surface area contributed by atoms with E-state index >= 15 is 0 Å². The minimum absolute atomic E-state index is 0.102. The molecular formula is C76H144O17P2. The van der Waals surface area contributed by atoms with E-state index in [1.165, 1.54) is 180 Å². The number of phosphoric acid groups is 2. The second-order valence-electron chi connectivity index (χ2n) is 26.9. The quantitative estimate of drug-likeness (QED) is 0.0169. The number of aliphatic hydroxyl groups is 1. The third-order valence-electron chi connectivity index (χ3n) is 17.5. The van der Waals surface area contributed by atoms with Gasteiger partial charge in [-0.15, -0.1) is 0 Å². The number of unbranched alkanes of at least 4 members (excludes halogenated alkanes) is 42. The summed E-state index contributed by atoms with van der Waals surface area (Å²) in [4.78, 5) is 72.8. The highest BCUT2D eigenvalue weighted by molar-refractivity contribution is 7.47. The summed E-state index contributed by atoms with van der Waals surface area (Å²) >= 11 is 0. The van der Waals surface area contributed by atoms with Gasteiger partial charge < -0.3 is 33.8 Å². The molecule has 3 N–H and O–H groups in total. The van der Waals surface area contributed by atoms with Gasteiger partial charge in [0.05, 0.1) is 26.4 Å². The predicted octanol–water partition coefficient (Wildman–Crippen LogP) is 22.0.